The van der Waals surface area contributed by atoms with E-state index in [0.29, 0.717) is 19.6 Å². The second-order valence-corrected chi connectivity index (χ2v) is 25.5. The van der Waals surface area contributed by atoms with Crippen molar-refractivity contribution in [3.05, 3.63) is 72.8 Å². The Balaban J connectivity index is 1.30. The van der Waals surface area contributed by atoms with Gasteiger partial charge in [0.15, 0.2) is 19.9 Å². The van der Waals surface area contributed by atoms with Crippen LogP contribution in [-0.4, -0.2) is 77.0 Å². The van der Waals surface area contributed by atoms with Crippen LogP contribution in [0.2, 0.25) is 23.2 Å². The predicted molar refractivity (Wildman–Crippen MR) is 208 cm³/mol. The first kappa shape index (κ1) is 39.0. The molecule has 2 heterocycles. The van der Waals surface area contributed by atoms with E-state index in [1.165, 1.54) is 10.4 Å². The van der Waals surface area contributed by atoms with Gasteiger partial charge < -0.3 is 32.9 Å². The molecule has 2 aliphatic heterocycles. The molecule has 4 fully saturated rings. The first-order valence-corrected chi connectivity index (χ1v) is 24.4. The minimum Gasteiger partial charge on any atom is -0.408 e. The smallest absolute Gasteiger partial charge is 0.261 e. The quantitative estimate of drug-likeness (QED) is 0.147. The Morgan fingerprint density at radius 1 is 0.804 bits per heavy atom. The number of aliphatic hydroxyl groups is 1. The SMILES string of the molecule is CC[Si](CC)(CC)O[C@H](/C=C\C[C@H](O)[C@H]1COC2(CCCC2)O1)[C@H]1OC2(CCCC2)O[C@@H]1CO[Si](c1ccccc1)(c1ccccc1)C(C)(C)C. The zero-order valence-corrected chi connectivity index (χ0v) is 34.1. The van der Waals surface area contributed by atoms with Crippen LogP contribution in [0.25, 0.3) is 0 Å². The van der Waals surface area contributed by atoms with Gasteiger partial charge >= 0.3 is 0 Å². The van der Waals surface area contributed by atoms with Gasteiger partial charge in [-0.25, -0.2) is 0 Å². The molecule has 2 saturated carbocycles. The summed E-state index contributed by atoms with van der Waals surface area (Å²) in [5, 5.41) is 13.6. The minimum atomic E-state index is -2.81. The summed E-state index contributed by atoms with van der Waals surface area (Å²) in [6, 6.07) is 24.7. The lowest BCUT2D eigenvalue weighted by Gasteiger charge is -2.44. The molecule has 2 aliphatic carbocycles. The Labute approximate surface area is 309 Å². The zero-order valence-electron chi connectivity index (χ0n) is 32.1. The Morgan fingerprint density at radius 2 is 1.35 bits per heavy atom. The number of rotatable bonds is 15. The van der Waals surface area contributed by atoms with Gasteiger partial charge in [0.05, 0.1) is 25.4 Å². The van der Waals surface area contributed by atoms with Crippen LogP contribution in [0.15, 0.2) is 72.8 Å². The molecule has 9 heteroatoms. The average molecular weight is 737 g/mol. The normalized spacial score (nSPS) is 26.1. The minimum absolute atomic E-state index is 0.153. The van der Waals surface area contributed by atoms with Crippen LogP contribution in [-0.2, 0) is 27.8 Å². The van der Waals surface area contributed by atoms with Crippen LogP contribution in [0.5, 0.6) is 0 Å². The Morgan fingerprint density at radius 3 is 1.88 bits per heavy atom. The second-order valence-electron chi connectivity index (χ2n) is 16.5. The molecule has 7 nitrogen and oxygen atoms in total. The summed E-state index contributed by atoms with van der Waals surface area (Å²) in [5.41, 5.74) is 0. The summed E-state index contributed by atoms with van der Waals surface area (Å²) in [4.78, 5) is 0. The van der Waals surface area contributed by atoms with Gasteiger partial charge in [0, 0.05) is 25.7 Å². The van der Waals surface area contributed by atoms with E-state index >= 15 is 0 Å². The maximum Gasteiger partial charge on any atom is 0.261 e. The monoisotopic (exact) mass is 736 g/mol. The lowest BCUT2D eigenvalue weighted by atomic mass is 10.1. The molecule has 0 amide bonds. The van der Waals surface area contributed by atoms with E-state index < -0.39 is 34.3 Å². The molecule has 2 aromatic carbocycles. The number of hydrogen-bond donors (Lipinski definition) is 1. The van der Waals surface area contributed by atoms with Crippen LogP contribution in [0, 0.1) is 0 Å². The average Bonchev–Trinajstić information content (AvgIpc) is 3.97. The molecule has 282 valence electrons. The van der Waals surface area contributed by atoms with E-state index in [4.69, 9.17) is 27.8 Å². The highest BCUT2D eigenvalue weighted by molar-refractivity contribution is 6.99. The molecule has 0 bridgehead atoms. The van der Waals surface area contributed by atoms with Crippen molar-refractivity contribution in [1.29, 1.82) is 0 Å². The van der Waals surface area contributed by atoms with Gasteiger partial charge in [-0.05, 0) is 65.6 Å². The molecular weight excluding hydrogens is 673 g/mol. The topological polar surface area (TPSA) is 75.6 Å². The third-order valence-corrected chi connectivity index (χ3v) is 22.0. The number of hydrogen-bond acceptors (Lipinski definition) is 7. The molecular formula is C42H64O7Si2. The standard InChI is InChI=1S/C42H64O7Si2/c1-7-50(8-2,9-3)49-36(26-20-25-35(43)37-31-44-41(46-37)27-16-17-28-41)39-38(47-42(48-39)29-18-19-30-42)32-45-51(40(4,5)6,33-21-12-10-13-22-33)34-23-14-11-15-24-34/h10-15,20-24,26,35-39,43H,7-9,16-19,25,27-32H2,1-6H3/b26-20-/t35-,36+,37+,38+,39+/m0/s1. The van der Waals surface area contributed by atoms with Crippen molar-refractivity contribution in [3.8, 4) is 0 Å². The van der Waals surface area contributed by atoms with Crippen molar-refractivity contribution in [1.82, 2.24) is 0 Å². The summed E-state index contributed by atoms with van der Waals surface area (Å²) in [6.07, 6.45) is 10.8. The highest BCUT2D eigenvalue weighted by Crippen LogP contribution is 2.45. The van der Waals surface area contributed by atoms with Crippen molar-refractivity contribution in [2.75, 3.05) is 13.2 Å². The maximum absolute atomic E-state index is 11.3. The van der Waals surface area contributed by atoms with Crippen LogP contribution < -0.4 is 10.4 Å². The number of benzene rings is 2. The molecule has 0 aromatic heterocycles. The fourth-order valence-electron chi connectivity index (χ4n) is 9.17. The maximum atomic E-state index is 11.3. The summed E-state index contributed by atoms with van der Waals surface area (Å²) < 4.78 is 41.4. The highest BCUT2D eigenvalue weighted by Gasteiger charge is 2.55. The van der Waals surface area contributed by atoms with E-state index in [-0.39, 0.29) is 29.5 Å². The molecule has 0 unspecified atom stereocenters. The van der Waals surface area contributed by atoms with Gasteiger partial charge in [-0.15, -0.1) is 0 Å². The Bertz CT molecular complexity index is 1350. The summed E-state index contributed by atoms with van der Waals surface area (Å²) in [5.74, 6) is -1.10. The molecule has 2 spiro atoms. The molecule has 6 rings (SSSR count). The first-order chi connectivity index (χ1) is 24.5. The molecule has 1 N–H and O–H groups in total. The lowest BCUT2D eigenvalue weighted by molar-refractivity contribution is -0.175. The highest BCUT2D eigenvalue weighted by atomic mass is 28.4. The summed E-state index contributed by atoms with van der Waals surface area (Å²) in [7, 11) is -4.89. The summed E-state index contributed by atoms with van der Waals surface area (Å²) in [6.45, 7) is 14.6. The van der Waals surface area contributed by atoms with Crippen molar-refractivity contribution in [2.45, 2.75) is 165 Å². The van der Waals surface area contributed by atoms with E-state index in [0.717, 1.165) is 69.5 Å². The zero-order chi connectivity index (χ0) is 36.2. The van der Waals surface area contributed by atoms with Crippen LogP contribution >= 0.6 is 0 Å². The van der Waals surface area contributed by atoms with Gasteiger partial charge in [-0.2, -0.15) is 0 Å². The molecule has 0 radical (unpaired) electrons. The second kappa shape index (κ2) is 16.4. The fraction of sp³-hybridized carbons (Fsp3) is 0.667. The van der Waals surface area contributed by atoms with E-state index in [1.54, 1.807) is 0 Å². The summed E-state index contributed by atoms with van der Waals surface area (Å²) >= 11 is 0. The van der Waals surface area contributed by atoms with Crippen molar-refractivity contribution in [3.63, 3.8) is 0 Å². The van der Waals surface area contributed by atoms with Gasteiger partial charge in [-0.3, -0.25) is 0 Å². The van der Waals surface area contributed by atoms with Crippen molar-refractivity contribution in [2.24, 2.45) is 0 Å². The largest absolute Gasteiger partial charge is 0.408 e. The van der Waals surface area contributed by atoms with Crippen molar-refractivity contribution < 1.29 is 32.9 Å². The van der Waals surface area contributed by atoms with E-state index in [2.05, 4.69) is 114 Å². The van der Waals surface area contributed by atoms with Gasteiger partial charge in [0.25, 0.3) is 8.32 Å². The van der Waals surface area contributed by atoms with Gasteiger partial charge in [0.2, 0.25) is 0 Å². The third kappa shape index (κ3) is 8.22. The molecule has 2 saturated heterocycles. The Kier molecular flexibility index (Phi) is 12.5. The molecule has 5 atom stereocenters. The molecule has 4 aliphatic rings. The van der Waals surface area contributed by atoms with Gasteiger partial charge in [-0.1, -0.05) is 114 Å². The number of aliphatic hydroxyl groups excluding tert-OH is 1. The van der Waals surface area contributed by atoms with E-state index in [9.17, 15) is 5.11 Å². The van der Waals surface area contributed by atoms with Gasteiger partial charge in [0.1, 0.15) is 18.3 Å². The Hall–Kier alpha value is -1.67. The molecule has 51 heavy (non-hydrogen) atoms. The van der Waals surface area contributed by atoms with Crippen molar-refractivity contribution >= 4 is 27.0 Å². The number of ether oxygens (including phenoxy) is 4. The molecule has 2 aromatic rings. The van der Waals surface area contributed by atoms with Crippen LogP contribution in [0.1, 0.15) is 99.3 Å². The predicted octanol–water partition coefficient (Wildman–Crippen LogP) is 8.00. The van der Waals surface area contributed by atoms with E-state index in [1.807, 2.05) is 0 Å². The first-order valence-electron chi connectivity index (χ1n) is 20.0. The van der Waals surface area contributed by atoms with Crippen LogP contribution in [0.3, 0.4) is 0 Å². The fourth-order valence-corrected chi connectivity index (χ4v) is 16.5. The van der Waals surface area contributed by atoms with Crippen LogP contribution in [0.4, 0.5) is 0 Å². The lowest BCUT2D eigenvalue weighted by Crippen LogP contribution is -2.67. The third-order valence-electron chi connectivity index (χ3n) is 12.3.